The summed E-state index contributed by atoms with van der Waals surface area (Å²) in [6, 6.07) is 8.08. The Labute approximate surface area is 142 Å². The molecule has 1 aromatic heterocycles. The van der Waals surface area contributed by atoms with Crippen LogP contribution in [0, 0.1) is 0 Å². The van der Waals surface area contributed by atoms with Gasteiger partial charge in [-0.05, 0) is 52.0 Å². The molecule has 1 N–H and O–H groups in total. The van der Waals surface area contributed by atoms with Crippen LogP contribution in [0.1, 0.15) is 29.8 Å². The van der Waals surface area contributed by atoms with E-state index in [4.69, 9.17) is 23.2 Å². The van der Waals surface area contributed by atoms with Gasteiger partial charge in [-0.1, -0.05) is 42.3 Å². The Morgan fingerprint density at radius 1 is 1.30 bits per heavy atom. The van der Waals surface area contributed by atoms with Gasteiger partial charge in [0.2, 0.25) is 0 Å². The van der Waals surface area contributed by atoms with E-state index in [1.54, 1.807) is 11.3 Å². The van der Waals surface area contributed by atoms with Gasteiger partial charge in [-0.25, -0.2) is 0 Å². The van der Waals surface area contributed by atoms with Crippen molar-refractivity contribution in [1.82, 2.24) is 5.32 Å². The average molecular weight is 393 g/mol. The molecule has 20 heavy (non-hydrogen) atoms. The number of rotatable bonds is 6. The third-order valence-corrected chi connectivity index (χ3v) is 5.86. The van der Waals surface area contributed by atoms with E-state index in [9.17, 15) is 0 Å². The first-order valence-corrected chi connectivity index (χ1v) is 8.95. The van der Waals surface area contributed by atoms with Crippen LogP contribution in [0.2, 0.25) is 10.0 Å². The third kappa shape index (κ3) is 3.99. The molecule has 0 radical (unpaired) electrons. The lowest BCUT2D eigenvalue weighted by atomic mass is 10.0. The first kappa shape index (κ1) is 16.3. The van der Waals surface area contributed by atoms with E-state index in [1.807, 2.05) is 18.2 Å². The van der Waals surface area contributed by atoms with E-state index < -0.39 is 0 Å². The molecule has 0 saturated carbocycles. The number of thiophene rings is 1. The van der Waals surface area contributed by atoms with Crippen LogP contribution >= 0.6 is 50.5 Å². The topological polar surface area (TPSA) is 12.0 Å². The maximum Gasteiger partial charge on any atom is 0.0640 e. The SMILES string of the molecule is CCCNC(Cc1sccc1Br)c1cccc(Cl)c1Cl. The van der Waals surface area contributed by atoms with E-state index in [0.29, 0.717) is 10.0 Å². The maximum absolute atomic E-state index is 6.37. The minimum absolute atomic E-state index is 0.177. The standard InChI is InChI=1S/C15H16BrCl2NS/c1-2-7-19-13(9-14-11(16)6-8-20-14)10-4-3-5-12(17)15(10)18/h3-6,8,13,19H,2,7,9H2,1H3. The molecule has 2 aromatic rings. The number of benzene rings is 1. The molecule has 1 unspecified atom stereocenters. The molecular weight excluding hydrogens is 377 g/mol. The van der Waals surface area contributed by atoms with Gasteiger partial charge in [0.1, 0.15) is 0 Å². The number of halogens is 3. The van der Waals surface area contributed by atoms with E-state index >= 15 is 0 Å². The molecule has 0 aliphatic carbocycles. The second-order valence-corrected chi connectivity index (χ2v) is 7.19. The summed E-state index contributed by atoms with van der Waals surface area (Å²) in [6.45, 7) is 3.11. The molecule has 0 fully saturated rings. The van der Waals surface area contributed by atoms with Crippen molar-refractivity contribution in [2.24, 2.45) is 0 Å². The number of nitrogens with one attached hydrogen (secondary N) is 1. The van der Waals surface area contributed by atoms with Gasteiger partial charge in [0.15, 0.2) is 0 Å². The zero-order valence-electron chi connectivity index (χ0n) is 11.1. The summed E-state index contributed by atoms with van der Waals surface area (Å²) in [6.07, 6.45) is 1.98. The maximum atomic E-state index is 6.37. The van der Waals surface area contributed by atoms with Crippen molar-refractivity contribution in [3.8, 4) is 0 Å². The molecule has 0 aliphatic heterocycles. The fourth-order valence-corrected chi connectivity index (χ4v) is 4.06. The van der Waals surface area contributed by atoms with E-state index in [-0.39, 0.29) is 6.04 Å². The van der Waals surface area contributed by atoms with Crippen LogP contribution < -0.4 is 5.32 Å². The van der Waals surface area contributed by atoms with Gasteiger partial charge >= 0.3 is 0 Å². The fourth-order valence-electron chi connectivity index (χ4n) is 2.06. The predicted molar refractivity (Wildman–Crippen MR) is 93.2 cm³/mol. The lowest BCUT2D eigenvalue weighted by molar-refractivity contribution is 0.532. The zero-order chi connectivity index (χ0) is 14.5. The van der Waals surface area contributed by atoms with Crippen molar-refractivity contribution >= 4 is 50.5 Å². The van der Waals surface area contributed by atoms with Crippen LogP contribution in [-0.4, -0.2) is 6.54 Å². The van der Waals surface area contributed by atoms with Gasteiger partial charge in [0, 0.05) is 21.8 Å². The highest BCUT2D eigenvalue weighted by atomic mass is 79.9. The Hall–Kier alpha value is -0.0600. The molecule has 0 aliphatic rings. The molecule has 1 heterocycles. The van der Waals surface area contributed by atoms with Crippen LogP contribution in [0.4, 0.5) is 0 Å². The summed E-state index contributed by atoms with van der Waals surface area (Å²) in [5, 5.41) is 6.91. The molecule has 1 aromatic carbocycles. The predicted octanol–water partition coefficient (Wildman–Crippen LogP) is 6.10. The highest BCUT2D eigenvalue weighted by Crippen LogP contribution is 2.34. The molecule has 1 atom stereocenters. The zero-order valence-corrected chi connectivity index (χ0v) is 15.0. The highest BCUT2D eigenvalue weighted by molar-refractivity contribution is 9.10. The van der Waals surface area contributed by atoms with Crippen LogP contribution in [-0.2, 0) is 6.42 Å². The first-order chi connectivity index (χ1) is 9.63. The quantitative estimate of drug-likeness (QED) is 0.625. The first-order valence-electron chi connectivity index (χ1n) is 6.52. The van der Waals surface area contributed by atoms with Crippen molar-refractivity contribution in [3.05, 3.63) is 54.6 Å². The van der Waals surface area contributed by atoms with E-state index in [1.165, 1.54) is 4.88 Å². The minimum Gasteiger partial charge on any atom is -0.310 e. The summed E-state index contributed by atoms with van der Waals surface area (Å²) in [5.41, 5.74) is 1.06. The van der Waals surface area contributed by atoms with Gasteiger partial charge < -0.3 is 5.32 Å². The summed E-state index contributed by atoms with van der Waals surface area (Å²) in [5.74, 6) is 0. The second-order valence-electron chi connectivity index (χ2n) is 4.55. The van der Waals surface area contributed by atoms with Gasteiger partial charge in [-0.15, -0.1) is 11.3 Å². The van der Waals surface area contributed by atoms with Crippen LogP contribution in [0.3, 0.4) is 0 Å². The summed E-state index contributed by atoms with van der Waals surface area (Å²) < 4.78 is 1.16. The molecule has 108 valence electrons. The third-order valence-electron chi connectivity index (χ3n) is 3.08. The normalized spacial score (nSPS) is 12.6. The van der Waals surface area contributed by atoms with Crippen molar-refractivity contribution in [2.75, 3.05) is 6.54 Å². The average Bonchev–Trinajstić information content (AvgIpc) is 2.83. The minimum atomic E-state index is 0.177. The molecule has 2 rings (SSSR count). The van der Waals surface area contributed by atoms with Gasteiger partial charge in [-0.3, -0.25) is 0 Å². The van der Waals surface area contributed by atoms with Crippen molar-refractivity contribution in [1.29, 1.82) is 0 Å². The molecule has 0 spiro atoms. The number of hydrogen-bond acceptors (Lipinski definition) is 2. The van der Waals surface area contributed by atoms with Gasteiger partial charge in [-0.2, -0.15) is 0 Å². The van der Waals surface area contributed by atoms with Crippen molar-refractivity contribution < 1.29 is 0 Å². The molecule has 0 saturated heterocycles. The van der Waals surface area contributed by atoms with Crippen LogP contribution in [0.15, 0.2) is 34.1 Å². The molecule has 5 heteroatoms. The Kier molecular flexibility index (Phi) is 6.37. The van der Waals surface area contributed by atoms with Crippen LogP contribution in [0.5, 0.6) is 0 Å². The van der Waals surface area contributed by atoms with Crippen molar-refractivity contribution in [2.45, 2.75) is 25.8 Å². The molecular formula is C15H16BrCl2NS. The molecule has 0 amide bonds. The van der Waals surface area contributed by atoms with E-state index in [2.05, 4.69) is 39.6 Å². The fraction of sp³-hybridized carbons (Fsp3) is 0.333. The smallest absolute Gasteiger partial charge is 0.0640 e. The highest BCUT2D eigenvalue weighted by Gasteiger charge is 2.18. The lowest BCUT2D eigenvalue weighted by Gasteiger charge is -2.20. The summed E-state index contributed by atoms with van der Waals surface area (Å²) in [7, 11) is 0. The Morgan fingerprint density at radius 3 is 2.75 bits per heavy atom. The lowest BCUT2D eigenvalue weighted by Crippen LogP contribution is -2.24. The van der Waals surface area contributed by atoms with Crippen LogP contribution in [0.25, 0.3) is 0 Å². The van der Waals surface area contributed by atoms with Crippen molar-refractivity contribution in [3.63, 3.8) is 0 Å². The Bertz CT molecular complexity index is 571. The molecule has 0 bridgehead atoms. The van der Waals surface area contributed by atoms with Gasteiger partial charge in [0.05, 0.1) is 10.0 Å². The summed E-state index contributed by atoms with van der Waals surface area (Å²) in [4.78, 5) is 1.31. The Balaban J connectivity index is 2.27. The molecule has 1 nitrogen and oxygen atoms in total. The number of hydrogen-bond donors (Lipinski definition) is 1. The van der Waals surface area contributed by atoms with Gasteiger partial charge in [0.25, 0.3) is 0 Å². The summed E-state index contributed by atoms with van der Waals surface area (Å²) >= 11 is 17.9. The second kappa shape index (κ2) is 7.81. The van der Waals surface area contributed by atoms with E-state index in [0.717, 1.165) is 29.4 Å². The monoisotopic (exact) mass is 391 g/mol. The largest absolute Gasteiger partial charge is 0.310 e. The Morgan fingerprint density at radius 2 is 2.10 bits per heavy atom.